The first kappa shape index (κ1) is 22.9. The summed E-state index contributed by atoms with van der Waals surface area (Å²) in [6, 6.07) is 10.6. The maximum Gasteiger partial charge on any atom is 0.146 e. The van der Waals surface area contributed by atoms with Gasteiger partial charge in [-0.1, -0.05) is 43.8 Å². The third-order valence-electron chi connectivity index (χ3n) is 5.49. The molecule has 8 heteroatoms. The van der Waals surface area contributed by atoms with Crippen molar-refractivity contribution >= 4 is 45.3 Å². The maximum absolute atomic E-state index is 5.82. The summed E-state index contributed by atoms with van der Waals surface area (Å²) in [7, 11) is 1.73. The molecular weight excluding hydrogens is 462 g/mol. The molecule has 0 unspecified atom stereocenters. The number of methoxy groups -OCH3 is 1. The Balaban J connectivity index is 0.00000256. The topological polar surface area (TPSA) is 68.3 Å². The Bertz CT molecular complexity index is 1020. The van der Waals surface area contributed by atoms with Crippen LogP contribution in [0.4, 0.5) is 5.69 Å². The lowest BCUT2D eigenvalue weighted by Gasteiger charge is -2.20. The summed E-state index contributed by atoms with van der Waals surface area (Å²) in [4.78, 5) is 4.85. The van der Waals surface area contributed by atoms with E-state index in [2.05, 4.69) is 59.1 Å². The van der Waals surface area contributed by atoms with E-state index in [4.69, 9.17) is 15.6 Å². The first-order chi connectivity index (χ1) is 14.2. The number of likely N-dealkylation sites (N-methyl/N-ethyl adjacent to an activating group) is 1. The van der Waals surface area contributed by atoms with Crippen LogP contribution in [0.2, 0.25) is 0 Å². The molecule has 0 radical (unpaired) electrons. The first-order valence-corrected chi connectivity index (χ1v) is 11.1. The summed E-state index contributed by atoms with van der Waals surface area (Å²) in [6.45, 7) is 9.57. The van der Waals surface area contributed by atoms with Crippen LogP contribution in [-0.4, -0.2) is 54.5 Å². The van der Waals surface area contributed by atoms with Crippen molar-refractivity contribution < 1.29 is 4.74 Å². The van der Waals surface area contributed by atoms with Gasteiger partial charge in [0.05, 0.1) is 19.3 Å². The Kier molecular flexibility index (Phi) is 7.68. The third-order valence-corrected chi connectivity index (χ3v) is 6.69. The van der Waals surface area contributed by atoms with Crippen molar-refractivity contribution in [2.24, 2.45) is 5.73 Å². The number of nitrogens with zero attached hydrogens (tertiary/aromatic N) is 3. The number of hydrogen-bond acceptors (Lipinski definition) is 6. The van der Waals surface area contributed by atoms with Gasteiger partial charge >= 0.3 is 0 Å². The minimum Gasteiger partial charge on any atom is -0.494 e. The van der Waals surface area contributed by atoms with Crippen LogP contribution in [0, 0.1) is 0 Å². The molecule has 162 valence electrons. The molecule has 0 aliphatic carbocycles. The van der Waals surface area contributed by atoms with Gasteiger partial charge in [0.1, 0.15) is 17.0 Å². The molecule has 30 heavy (non-hydrogen) atoms. The summed E-state index contributed by atoms with van der Waals surface area (Å²) < 4.78 is 7.94. The second-order valence-electron chi connectivity index (χ2n) is 7.09. The molecule has 0 saturated heterocycles. The lowest BCUT2D eigenvalue weighted by molar-refractivity contribution is 0.286. The number of fused-ring (bicyclic) bond motifs is 2. The number of rotatable bonds is 9. The summed E-state index contributed by atoms with van der Waals surface area (Å²) in [5.41, 5.74) is 10.1. The summed E-state index contributed by atoms with van der Waals surface area (Å²) in [5, 5.41) is 9.73. The van der Waals surface area contributed by atoms with E-state index in [9.17, 15) is 0 Å². The molecule has 1 aromatic heterocycles. The Hall–Kier alpha value is -1.74. The number of nitrogens with one attached hydrogen (secondary N) is 1. The van der Waals surface area contributed by atoms with Crippen molar-refractivity contribution in [2.75, 3.05) is 45.2 Å². The van der Waals surface area contributed by atoms with E-state index in [0.717, 1.165) is 55.4 Å². The van der Waals surface area contributed by atoms with Crippen molar-refractivity contribution in [3.63, 3.8) is 0 Å². The minimum atomic E-state index is 0. The van der Waals surface area contributed by atoms with Gasteiger partial charge in [0.2, 0.25) is 0 Å². The van der Waals surface area contributed by atoms with Gasteiger partial charge in [0.25, 0.3) is 0 Å². The summed E-state index contributed by atoms with van der Waals surface area (Å²) in [6.07, 6.45) is 0. The summed E-state index contributed by atoms with van der Waals surface area (Å²) >= 11 is 1.80. The summed E-state index contributed by atoms with van der Waals surface area (Å²) in [5.74, 6) is 0.849. The molecule has 0 amide bonds. The van der Waals surface area contributed by atoms with Crippen LogP contribution in [0.5, 0.6) is 5.75 Å². The Morgan fingerprint density at radius 2 is 2.00 bits per heavy atom. The number of anilines is 1. The van der Waals surface area contributed by atoms with Gasteiger partial charge in [-0.3, -0.25) is 4.68 Å². The highest BCUT2D eigenvalue weighted by Crippen LogP contribution is 2.52. The zero-order chi connectivity index (χ0) is 20.4. The van der Waals surface area contributed by atoms with Crippen molar-refractivity contribution in [2.45, 2.75) is 30.2 Å². The Morgan fingerprint density at radius 3 is 2.70 bits per heavy atom. The van der Waals surface area contributed by atoms with Crippen LogP contribution >= 0.6 is 28.7 Å². The smallest absolute Gasteiger partial charge is 0.146 e. The van der Waals surface area contributed by atoms with Crippen LogP contribution in [0.1, 0.15) is 13.8 Å². The highest BCUT2D eigenvalue weighted by atomic mass is 79.9. The molecule has 0 atom stereocenters. The second-order valence-corrected chi connectivity index (χ2v) is 8.14. The van der Waals surface area contributed by atoms with Gasteiger partial charge in [-0.05, 0) is 19.2 Å². The number of nitrogens with two attached hydrogens (primary N) is 1. The minimum absolute atomic E-state index is 0. The molecule has 1 aliphatic heterocycles. The Morgan fingerprint density at radius 1 is 1.23 bits per heavy atom. The molecule has 2 heterocycles. The zero-order valence-electron chi connectivity index (χ0n) is 17.8. The standard InChI is InChI=1S/C22H29N5OS.BrH/c1-4-26(5-2)12-13-27-21-17(28-3)14-16(24-11-10-23)22-19(21)20(25-27)15-8-6-7-9-18(15)29-22;/h6-9,14,24H,4-5,10-13,23H2,1-3H3;1H. The lowest BCUT2D eigenvalue weighted by Crippen LogP contribution is -2.27. The second kappa shape index (κ2) is 10.0. The Labute approximate surface area is 192 Å². The molecule has 0 fully saturated rings. The van der Waals surface area contributed by atoms with E-state index in [-0.39, 0.29) is 17.0 Å². The molecule has 0 spiro atoms. The maximum atomic E-state index is 5.82. The fourth-order valence-corrected chi connectivity index (χ4v) is 5.09. The molecule has 4 rings (SSSR count). The quantitative estimate of drug-likeness (QED) is 0.360. The molecule has 2 aromatic carbocycles. The zero-order valence-corrected chi connectivity index (χ0v) is 20.3. The predicted octanol–water partition coefficient (Wildman–Crippen LogP) is 4.47. The van der Waals surface area contributed by atoms with Crippen molar-refractivity contribution in [3.05, 3.63) is 30.3 Å². The fourth-order valence-electron chi connectivity index (χ4n) is 3.91. The average molecular weight is 492 g/mol. The number of aromatic nitrogens is 2. The van der Waals surface area contributed by atoms with E-state index >= 15 is 0 Å². The van der Waals surface area contributed by atoms with Gasteiger partial charge in [0, 0.05) is 46.4 Å². The molecule has 3 aromatic rings. The van der Waals surface area contributed by atoms with Crippen LogP contribution in [0.25, 0.3) is 22.2 Å². The molecule has 1 aliphatic rings. The molecule has 0 bridgehead atoms. The van der Waals surface area contributed by atoms with E-state index in [1.165, 1.54) is 20.7 Å². The molecule has 0 saturated carbocycles. The monoisotopic (exact) mass is 491 g/mol. The van der Waals surface area contributed by atoms with Gasteiger partial charge in [0.15, 0.2) is 0 Å². The highest BCUT2D eigenvalue weighted by Gasteiger charge is 2.28. The SMILES string of the molecule is Br.CCN(CC)CCn1nc2c3c(c(NCCN)cc(OC)c31)Sc1ccccc1-2. The average Bonchev–Trinajstić information content (AvgIpc) is 3.14. The predicted molar refractivity (Wildman–Crippen MR) is 131 cm³/mol. The highest BCUT2D eigenvalue weighted by molar-refractivity contribution is 8.93. The van der Waals surface area contributed by atoms with E-state index in [0.29, 0.717) is 6.54 Å². The van der Waals surface area contributed by atoms with Gasteiger partial charge in [-0.2, -0.15) is 5.10 Å². The number of halogens is 1. The van der Waals surface area contributed by atoms with Gasteiger partial charge in [-0.25, -0.2) is 0 Å². The number of hydrogen-bond donors (Lipinski definition) is 2. The van der Waals surface area contributed by atoms with Gasteiger partial charge < -0.3 is 20.7 Å². The van der Waals surface area contributed by atoms with E-state index in [1.807, 2.05) is 0 Å². The molecule has 3 N–H and O–H groups in total. The fraction of sp³-hybridized carbons (Fsp3) is 0.409. The molecule has 6 nitrogen and oxygen atoms in total. The van der Waals surface area contributed by atoms with Crippen molar-refractivity contribution in [1.29, 1.82) is 0 Å². The van der Waals surface area contributed by atoms with Crippen molar-refractivity contribution in [3.8, 4) is 17.0 Å². The third kappa shape index (κ3) is 4.06. The number of ether oxygens (including phenoxy) is 1. The first-order valence-electron chi connectivity index (χ1n) is 10.3. The van der Waals surface area contributed by atoms with Crippen LogP contribution in [0.15, 0.2) is 40.1 Å². The largest absolute Gasteiger partial charge is 0.494 e. The van der Waals surface area contributed by atoms with E-state index in [1.54, 1.807) is 18.9 Å². The lowest BCUT2D eigenvalue weighted by atomic mass is 10.1. The van der Waals surface area contributed by atoms with Crippen LogP contribution < -0.4 is 15.8 Å². The van der Waals surface area contributed by atoms with E-state index < -0.39 is 0 Å². The van der Waals surface area contributed by atoms with Crippen LogP contribution in [0.3, 0.4) is 0 Å². The van der Waals surface area contributed by atoms with Gasteiger partial charge in [-0.15, -0.1) is 17.0 Å². The van der Waals surface area contributed by atoms with Crippen molar-refractivity contribution in [1.82, 2.24) is 14.7 Å². The number of benzene rings is 2. The van der Waals surface area contributed by atoms with Crippen LogP contribution in [-0.2, 0) is 6.54 Å². The molecular formula is C22H30BrN5OS. The normalized spacial score (nSPS) is 12.0.